The van der Waals surface area contributed by atoms with Gasteiger partial charge in [-0.2, -0.15) is 0 Å². The molecule has 114 valence electrons. The van der Waals surface area contributed by atoms with Gasteiger partial charge in [0, 0.05) is 11.0 Å². The van der Waals surface area contributed by atoms with Gasteiger partial charge in [0.25, 0.3) is 0 Å². The summed E-state index contributed by atoms with van der Waals surface area (Å²) in [6, 6.07) is 15.6. The Morgan fingerprint density at radius 3 is 2.23 bits per heavy atom. The van der Waals surface area contributed by atoms with Crippen molar-refractivity contribution in [1.82, 2.24) is 9.13 Å². The highest BCUT2D eigenvalue weighted by Crippen LogP contribution is 2.20. The third kappa shape index (κ3) is 2.62. The number of halogens is 1. The van der Waals surface area contributed by atoms with Gasteiger partial charge >= 0.3 is 0 Å². The number of imidazole rings is 1. The molecule has 0 amide bonds. The number of fused-ring (bicyclic) bond motifs is 1. The fraction of sp³-hybridized carbons (Fsp3) is 0.235. The van der Waals surface area contributed by atoms with Gasteiger partial charge in [0.15, 0.2) is 0 Å². The maximum absolute atomic E-state index is 10.5. The third-order valence-corrected chi connectivity index (χ3v) is 4.43. The van der Waals surface area contributed by atoms with E-state index in [1.807, 2.05) is 64.6 Å². The first kappa shape index (κ1) is 15.1. The largest absolute Gasteiger partial charge is 0.387 e. The van der Waals surface area contributed by atoms with E-state index in [0.29, 0.717) is 12.2 Å². The van der Waals surface area contributed by atoms with Crippen LogP contribution in [0.3, 0.4) is 0 Å². The number of aryl methyl sites for hydroxylation is 1. The van der Waals surface area contributed by atoms with E-state index in [2.05, 4.69) is 15.9 Å². The van der Waals surface area contributed by atoms with Crippen LogP contribution in [0.25, 0.3) is 11.0 Å². The molecule has 22 heavy (non-hydrogen) atoms. The summed E-state index contributed by atoms with van der Waals surface area (Å²) in [4.78, 5) is 0. The van der Waals surface area contributed by atoms with Crippen LogP contribution in [0.5, 0.6) is 0 Å². The predicted molar refractivity (Wildman–Crippen MR) is 90.6 cm³/mol. The second kappa shape index (κ2) is 6.10. The summed E-state index contributed by atoms with van der Waals surface area (Å²) in [5.41, 5.74) is 3.27. The van der Waals surface area contributed by atoms with Gasteiger partial charge in [0.05, 0.1) is 23.7 Å². The van der Waals surface area contributed by atoms with Gasteiger partial charge in [-0.15, -0.1) is 0 Å². The second-order valence-corrected chi connectivity index (χ2v) is 6.15. The minimum absolute atomic E-state index is 0.369. The van der Waals surface area contributed by atoms with Crippen LogP contribution in [0.15, 0.2) is 53.0 Å². The molecule has 0 bridgehead atoms. The first-order valence-electron chi connectivity index (χ1n) is 7.28. The Labute approximate surface area is 137 Å². The van der Waals surface area contributed by atoms with Crippen molar-refractivity contribution < 1.29 is 5.11 Å². The molecule has 3 rings (SSSR count). The average molecular weight is 360 g/mol. The van der Waals surface area contributed by atoms with E-state index in [1.165, 1.54) is 0 Å². The van der Waals surface area contributed by atoms with Gasteiger partial charge in [-0.3, -0.25) is 5.41 Å². The quantitative estimate of drug-likeness (QED) is 0.736. The molecule has 0 fully saturated rings. The molecule has 0 saturated carbocycles. The van der Waals surface area contributed by atoms with Crippen LogP contribution in [0.2, 0.25) is 0 Å². The molecule has 0 aliphatic heterocycles. The van der Waals surface area contributed by atoms with E-state index >= 15 is 0 Å². The van der Waals surface area contributed by atoms with E-state index < -0.39 is 6.10 Å². The van der Waals surface area contributed by atoms with Gasteiger partial charge < -0.3 is 14.2 Å². The molecule has 0 radical (unpaired) electrons. The molecule has 2 N–H and O–H groups in total. The van der Waals surface area contributed by atoms with E-state index in [0.717, 1.165) is 27.6 Å². The summed E-state index contributed by atoms with van der Waals surface area (Å²) >= 11 is 3.40. The van der Waals surface area contributed by atoms with Crippen LogP contribution in [0, 0.1) is 5.41 Å². The Hall–Kier alpha value is -1.85. The first-order chi connectivity index (χ1) is 10.6. The normalized spacial score (nSPS) is 12.7. The number of rotatable bonds is 4. The van der Waals surface area contributed by atoms with Gasteiger partial charge in [0.2, 0.25) is 5.62 Å². The smallest absolute Gasteiger partial charge is 0.203 e. The van der Waals surface area contributed by atoms with Gasteiger partial charge in [0.1, 0.15) is 0 Å². The highest BCUT2D eigenvalue weighted by molar-refractivity contribution is 9.10. The lowest BCUT2D eigenvalue weighted by Crippen LogP contribution is -2.26. The van der Waals surface area contributed by atoms with Crippen LogP contribution >= 0.6 is 15.9 Å². The molecule has 3 aromatic rings. The summed E-state index contributed by atoms with van der Waals surface area (Å²) in [5, 5.41) is 18.9. The first-order valence-corrected chi connectivity index (χ1v) is 8.07. The standard InChI is InChI=1S/C17H18BrN3O/c1-2-20-14-5-3-4-6-15(14)21(17(20)19)11-16(22)12-7-9-13(18)10-8-12/h3-10,16,19,22H,2,11H2,1H3. The lowest BCUT2D eigenvalue weighted by Gasteiger charge is -2.13. The Kier molecular flexibility index (Phi) is 4.18. The summed E-state index contributed by atoms with van der Waals surface area (Å²) in [5.74, 6) is 0. The number of hydrogen-bond donors (Lipinski definition) is 2. The molecule has 5 heteroatoms. The highest BCUT2D eigenvalue weighted by Gasteiger charge is 2.14. The number of para-hydroxylation sites is 2. The molecule has 1 heterocycles. The maximum Gasteiger partial charge on any atom is 0.203 e. The van der Waals surface area contributed by atoms with Crippen molar-refractivity contribution in [2.24, 2.45) is 0 Å². The zero-order chi connectivity index (χ0) is 15.7. The Morgan fingerprint density at radius 2 is 1.64 bits per heavy atom. The number of aromatic nitrogens is 2. The molecule has 1 atom stereocenters. The molecule has 1 unspecified atom stereocenters. The topological polar surface area (TPSA) is 53.9 Å². The van der Waals surface area contributed by atoms with Crippen molar-refractivity contribution in [3.05, 3.63) is 64.2 Å². The fourth-order valence-corrected chi connectivity index (χ4v) is 3.03. The zero-order valence-electron chi connectivity index (χ0n) is 12.3. The molecule has 4 nitrogen and oxygen atoms in total. The Morgan fingerprint density at radius 1 is 1.05 bits per heavy atom. The second-order valence-electron chi connectivity index (χ2n) is 5.23. The summed E-state index contributed by atoms with van der Waals surface area (Å²) in [6.07, 6.45) is -0.640. The van der Waals surface area contributed by atoms with Crippen LogP contribution in [0.1, 0.15) is 18.6 Å². The van der Waals surface area contributed by atoms with Crippen LogP contribution in [0.4, 0.5) is 0 Å². The molecule has 1 aromatic heterocycles. The van der Waals surface area contributed by atoms with Crippen molar-refractivity contribution >= 4 is 27.0 Å². The third-order valence-electron chi connectivity index (χ3n) is 3.90. The zero-order valence-corrected chi connectivity index (χ0v) is 13.9. The molecule has 2 aromatic carbocycles. The maximum atomic E-state index is 10.5. The summed E-state index contributed by atoms with van der Waals surface area (Å²) < 4.78 is 4.80. The van der Waals surface area contributed by atoms with Crippen molar-refractivity contribution in [3.8, 4) is 0 Å². The van der Waals surface area contributed by atoms with E-state index in [9.17, 15) is 5.11 Å². The Bertz CT molecular complexity index is 848. The number of aliphatic hydroxyl groups is 1. The van der Waals surface area contributed by atoms with Crippen LogP contribution in [-0.4, -0.2) is 14.2 Å². The Balaban J connectivity index is 2.02. The van der Waals surface area contributed by atoms with Crippen LogP contribution in [-0.2, 0) is 13.1 Å². The summed E-state index contributed by atoms with van der Waals surface area (Å²) in [7, 11) is 0. The molecule has 0 aliphatic rings. The van der Waals surface area contributed by atoms with Crippen molar-refractivity contribution in [1.29, 1.82) is 5.41 Å². The van der Waals surface area contributed by atoms with E-state index in [-0.39, 0.29) is 0 Å². The lowest BCUT2D eigenvalue weighted by molar-refractivity contribution is 0.155. The lowest BCUT2D eigenvalue weighted by atomic mass is 10.1. The molecule has 0 spiro atoms. The molecular formula is C17H18BrN3O. The molecule has 0 aliphatic carbocycles. The van der Waals surface area contributed by atoms with Crippen molar-refractivity contribution in [3.63, 3.8) is 0 Å². The number of nitrogens with zero attached hydrogens (tertiary/aromatic N) is 2. The minimum Gasteiger partial charge on any atom is -0.387 e. The minimum atomic E-state index is -0.640. The number of nitrogens with one attached hydrogen (secondary N) is 1. The van der Waals surface area contributed by atoms with Gasteiger partial charge in [-0.05, 0) is 36.8 Å². The number of hydrogen-bond acceptors (Lipinski definition) is 2. The van der Waals surface area contributed by atoms with Crippen LogP contribution < -0.4 is 5.62 Å². The average Bonchev–Trinajstić information content (AvgIpc) is 2.80. The SMILES string of the molecule is CCn1c(=N)n(CC(O)c2ccc(Br)cc2)c2ccccc21. The predicted octanol–water partition coefficient (Wildman–Crippen LogP) is 3.44. The molecule has 0 saturated heterocycles. The van der Waals surface area contributed by atoms with Crippen molar-refractivity contribution in [2.45, 2.75) is 26.1 Å². The van der Waals surface area contributed by atoms with Crippen molar-refractivity contribution in [2.75, 3.05) is 0 Å². The highest BCUT2D eigenvalue weighted by atomic mass is 79.9. The molecular weight excluding hydrogens is 342 g/mol. The van der Waals surface area contributed by atoms with Gasteiger partial charge in [-0.25, -0.2) is 0 Å². The van der Waals surface area contributed by atoms with Gasteiger partial charge in [-0.1, -0.05) is 40.2 Å². The van der Waals surface area contributed by atoms with E-state index in [1.54, 1.807) is 0 Å². The number of aliphatic hydroxyl groups excluding tert-OH is 1. The summed E-state index contributed by atoms with van der Waals surface area (Å²) in [6.45, 7) is 3.13. The fourth-order valence-electron chi connectivity index (χ4n) is 2.76. The monoisotopic (exact) mass is 359 g/mol. The number of benzene rings is 2. The van der Waals surface area contributed by atoms with E-state index in [4.69, 9.17) is 5.41 Å².